The number of sulfonamides is 1. The van der Waals surface area contributed by atoms with Gasteiger partial charge in [-0.1, -0.05) is 5.92 Å². The lowest BCUT2D eigenvalue weighted by Crippen LogP contribution is -2.28. The van der Waals surface area contributed by atoms with Crippen molar-refractivity contribution in [1.82, 2.24) is 14.5 Å². The Morgan fingerprint density at radius 2 is 2.25 bits per heavy atom. The zero-order valence-electron chi connectivity index (χ0n) is 9.19. The second-order valence-corrected chi connectivity index (χ2v) is 5.28. The van der Waals surface area contributed by atoms with Gasteiger partial charge in [0.15, 0.2) is 0 Å². The van der Waals surface area contributed by atoms with Crippen molar-refractivity contribution in [3.8, 4) is 12.3 Å². The van der Waals surface area contributed by atoms with Gasteiger partial charge in [-0.25, -0.2) is 8.42 Å². The number of hydrogen-bond donors (Lipinski definition) is 2. The van der Waals surface area contributed by atoms with Crippen LogP contribution in [0.5, 0.6) is 0 Å². The molecule has 0 fully saturated rings. The molecule has 0 aromatic carbocycles. The van der Waals surface area contributed by atoms with E-state index in [2.05, 4.69) is 16.1 Å². The second-order valence-electron chi connectivity index (χ2n) is 3.29. The predicted molar refractivity (Wildman–Crippen MR) is 59.9 cm³/mol. The molecule has 0 aliphatic heterocycles. The molecule has 3 N–H and O–H groups in total. The van der Waals surface area contributed by atoms with Crippen molar-refractivity contribution in [3.63, 3.8) is 0 Å². The van der Waals surface area contributed by atoms with Crippen LogP contribution in [0.3, 0.4) is 0 Å². The summed E-state index contributed by atoms with van der Waals surface area (Å²) in [5.41, 5.74) is 6.21. The molecule has 7 heteroatoms. The molecule has 6 nitrogen and oxygen atoms in total. The molecule has 0 atom stereocenters. The molecule has 88 valence electrons. The van der Waals surface area contributed by atoms with Gasteiger partial charge in [-0.3, -0.25) is 5.10 Å². The highest BCUT2D eigenvalue weighted by Gasteiger charge is 2.27. The minimum absolute atomic E-state index is 0.0109. The fraction of sp³-hybridized carbons (Fsp3) is 0.444. The Labute approximate surface area is 94.9 Å². The summed E-state index contributed by atoms with van der Waals surface area (Å²) in [6.07, 6.45) is 5.08. The Morgan fingerprint density at radius 3 is 2.75 bits per heavy atom. The van der Waals surface area contributed by atoms with Gasteiger partial charge in [-0.2, -0.15) is 9.40 Å². The van der Waals surface area contributed by atoms with Crippen LogP contribution in [-0.4, -0.2) is 36.5 Å². The van der Waals surface area contributed by atoms with Crippen molar-refractivity contribution in [2.24, 2.45) is 5.73 Å². The van der Waals surface area contributed by atoms with Gasteiger partial charge < -0.3 is 5.73 Å². The molecule has 16 heavy (non-hydrogen) atoms. The summed E-state index contributed by atoms with van der Waals surface area (Å²) in [7, 11) is -2.20. The maximum absolute atomic E-state index is 12.1. The Kier molecular flexibility index (Phi) is 3.70. The van der Waals surface area contributed by atoms with Crippen LogP contribution >= 0.6 is 0 Å². The average Bonchev–Trinajstić information content (AvgIpc) is 2.60. The summed E-state index contributed by atoms with van der Waals surface area (Å²) in [4.78, 5) is 0.118. The number of nitrogens with one attached hydrogen (secondary N) is 1. The van der Waals surface area contributed by atoms with E-state index >= 15 is 0 Å². The van der Waals surface area contributed by atoms with Crippen LogP contribution in [0.1, 0.15) is 11.4 Å². The summed E-state index contributed by atoms with van der Waals surface area (Å²) in [6, 6.07) is 0. The molecular formula is C9H14N4O2S. The highest BCUT2D eigenvalue weighted by molar-refractivity contribution is 7.89. The molecule has 0 spiro atoms. The van der Waals surface area contributed by atoms with Gasteiger partial charge in [0.1, 0.15) is 4.90 Å². The summed E-state index contributed by atoms with van der Waals surface area (Å²) < 4.78 is 25.3. The van der Waals surface area contributed by atoms with Crippen LogP contribution in [0.4, 0.5) is 0 Å². The fourth-order valence-electron chi connectivity index (χ4n) is 1.32. The number of terminal acetylenes is 1. The van der Waals surface area contributed by atoms with Crippen molar-refractivity contribution < 1.29 is 8.42 Å². The third-order valence-corrected chi connectivity index (χ3v) is 4.14. The minimum Gasteiger partial charge on any atom is -0.325 e. The number of aryl methyl sites for hydroxylation is 1. The zero-order chi connectivity index (χ0) is 12.3. The molecule has 0 saturated heterocycles. The van der Waals surface area contributed by atoms with E-state index < -0.39 is 10.0 Å². The Balaban J connectivity index is 3.27. The van der Waals surface area contributed by atoms with Crippen molar-refractivity contribution in [3.05, 3.63) is 11.4 Å². The molecule has 0 unspecified atom stereocenters. The third-order valence-electron chi connectivity index (χ3n) is 2.14. The first kappa shape index (κ1) is 12.7. The van der Waals surface area contributed by atoms with Crippen molar-refractivity contribution >= 4 is 10.0 Å². The van der Waals surface area contributed by atoms with Gasteiger partial charge in [0.2, 0.25) is 10.0 Å². The number of rotatable bonds is 4. The molecule has 0 bridgehead atoms. The lowest BCUT2D eigenvalue weighted by atomic mass is 10.4. The molecule has 1 rings (SSSR count). The summed E-state index contributed by atoms with van der Waals surface area (Å²) in [5.74, 6) is 2.28. The largest absolute Gasteiger partial charge is 0.325 e. The maximum Gasteiger partial charge on any atom is 0.247 e. The lowest BCUT2D eigenvalue weighted by Gasteiger charge is -2.14. The van der Waals surface area contributed by atoms with Gasteiger partial charge in [-0.15, -0.1) is 6.42 Å². The Bertz CT molecular complexity index is 512. The van der Waals surface area contributed by atoms with Crippen molar-refractivity contribution in [2.75, 3.05) is 13.6 Å². The van der Waals surface area contributed by atoms with Crippen LogP contribution < -0.4 is 5.73 Å². The SMILES string of the molecule is C#CCN(C)S(=O)(=O)c1c(CN)n[nH]c1C. The summed E-state index contributed by atoms with van der Waals surface area (Å²) in [5, 5.41) is 6.44. The van der Waals surface area contributed by atoms with Gasteiger partial charge in [0.05, 0.1) is 17.9 Å². The van der Waals surface area contributed by atoms with Crippen LogP contribution in [0.15, 0.2) is 4.90 Å². The van der Waals surface area contributed by atoms with E-state index in [1.165, 1.54) is 7.05 Å². The van der Waals surface area contributed by atoms with E-state index in [-0.39, 0.29) is 18.0 Å². The Hall–Kier alpha value is -1.36. The summed E-state index contributed by atoms with van der Waals surface area (Å²) >= 11 is 0. The molecule has 1 aromatic heterocycles. The van der Waals surface area contributed by atoms with E-state index in [0.29, 0.717) is 11.4 Å². The molecule has 0 aliphatic rings. The number of nitrogens with zero attached hydrogens (tertiary/aromatic N) is 2. The molecule has 0 amide bonds. The first-order valence-corrected chi connectivity index (χ1v) is 6.02. The van der Waals surface area contributed by atoms with Gasteiger partial charge >= 0.3 is 0 Å². The van der Waals surface area contributed by atoms with E-state index in [1.54, 1.807) is 6.92 Å². The van der Waals surface area contributed by atoms with E-state index in [4.69, 9.17) is 12.2 Å². The monoisotopic (exact) mass is 242 g/mol. The first-order chi connectivity index (χ1) is 7.45. The first-order valence-electron chi connectivity index (χ1n) is 4.58. The predicted octanol–water partition coefficient (Wildman–Crippen LogP) is -0.569. The lowest BCUT2D eigenvalue weighted by molar-refractivity contribution is 0.501. The number of hydrogen-bond acceptors (Lipinski definition) is 4. The highest BCUT2D eigenvalue weighted by atomic mass is 32.2. The second kappa shape index (κ2) is 4.65. The number of aromatic amines is 1. The zero-order valence-corrected chi connectivity index (χ0v) is 10.0. The number of H-pyrrole nitrogens is 1. The quantitative estimate of drug-likeness (QED) is 0.692. The smallest absolute Gasteiger partial charge is 0.247 e. The van der Waals surface area contributed by atoms with Crippen LogP contribution in [0.2, 0.25) is 0 Å². The van der Waals surface area contributed by atoms with Crippen LogP contribution in [0, 0.1) is 19.3 Å². The molecule has 0 aliphatic carbocycles. The fourth-order valence-corrected chi connectivity index (χ4v) is 2.73. The van der Waals surface area contributed by atoms with Crippen LogP contribution in [-0.2, 0) is 16.6 Å². The van der Waals surface area contributed by atoms with Gasteiger partial charge in [0.25, 0.3) is 0 Å². The molecule has 1 aromatic rings. The topological polar surface area (TPSA) is 92.1 Å². The van der Waals surface area contributed by atoms with Gasteiger partial charge in [0, 0.05) is 13.6 Å². The van der Waals surface area contributed by atoms with Crippen molar-refractivity contribution in [1.29, 1.82) is 0 Å². The number of nitrogens with two attached hydrogens (primary N) is 1. The average molecular weight is 242 g/mol. The van der Waals surface area contributed by atoms with Crippen LogP contribution in [0.25, 0.3) is 0 Å². The number of aromatic nitrogens is 2. The molecule has 1 heterocycles. The van der Waals surface area contributed by atoms with E-state index in [0.717, 1.165) is 4.31 Å². The van der Waals surface area contributed by atoms with Gasteiger partial charge in [-0.05, 0) is 6.92 Å². The third kappa shape index (κ3) is 2.09. The standard InChI is InChI=1S/C9H14N4O2S/c1-4-5-13(3)16(14,15)9-7(2)11-12-8(9)6-10/h1H,5-6,10H2,2-3H3,(H,11,12). The molecular weight excluding hydrogens is 228 g/mol. The van der Waals surface area contributed by atoms with E-state index in [9.17, 15) is 8.42 Å². The van der Waals surface area contributed by atoms with Crippen molar-refractivity contribution in [2.45, 2.75) is 18.4 Å². The molecule has 0 radical (unpaired) electrons. The normalized spacial score (nSPS) is 11.7. The minimum atomic E-state index is -3.61. The summed E-state index contributed by atoms with van der Waals surface area (Å²) in [6.45, 7) is 1.70. The molecule has 0 saturated carbocycles. The Morgan fingerprint density at radius 1 is 1.62 bits per heavy atom. The highest BCUT2D eigenvalue weighted by Crippen LogP contribution is 2.20. The van der Waals surface area contributed by atoms with E-state index in [1.807, 2.05) is 0 Å². The maximum atomic E-state index is 12.1.